The van der Waals surface area contributed by atoms with Gasteiger partial charge in [0.25, 0.3) is 0 Å². The monoisotopic (exact) mass is 399 g/mol. The minimum Gasteiger partial charge on any atom is -0.493 e. The molecule has 2 aromatic carbocycles. The van der Waals surface area contributed by atoms with Crippen LogP contribution in [0.2, 0.25) is 0 Å². The van der Waals surface area contributed by atoms with Crippen LogP contribution in [0.1, 0.15) is 47.7 Å². The van der Waals surface area contributed by atoms with E-state index in [1.54, 1.807) is 6.07 Å². The van der Waals surface area contributed by atoms with E-state index in [2.05, 4.69) is 12.1 Å². The number of methoxy groups -OCH3 is 2. The molecule has 0 saturated heterocycles. The fourth-order valence-corrected chi connectivity index (χ4v) is 3.22. The van der Waals surface area contributed by atoms with Gasteiger partial charge in [-0.15, -0.1) is 0 Å². The minimum absolute atomic E-state index is 0.166. The van der Waals surface area contributed by atoms with E-state index in [4.69, 9.17) is 19.9 Å². The average molecular weight is 399 g/mol. The number of rotatable bonds is 11. The molecule has 0 aromatic heterocycles. The number of carbonyl (C=O) groups excluding carboxylic acids is 2. The quantitative estimate of drug-likeness (QED) is 0.349. The van der Waals surface area contributed by atoms with Gasteiger partial charge in [-0.05, 0) is 49.8 Å². The smallest absolute Gasteiger partial charge is 0.341 e. The van der Waals surface area contributed by atoms with Crippen LogP contribution in [0.5, 0.6) is 11.5 Å². The van der Waals surface area contributed by atoms with E-state index >= 15 is 0 Å². The maximum atomic E-state index is 12.6. The van der Waals surface area contributed by atoms with Crippen LogP contribution >= 0.6 is 0 Å². The SMILES string of the molecule is COc1cc(CCCCCc2ccccc2)c(C(=O)OCC(C)=O)c(N)c1OC. The van der Waals surface area contributed by atoms with Crippen LogP contribution in [0.3, 0.4) is 0 Å². The summed E-state index contributed by atoms with van der Waals surface area (Å²) in [6, 6.07) is 12.1. The molecule has 6 nitrogen and oxygen atoms in total. The highest BCUT2D eigenvalue weighted by Crippen LogP contribution is 2.39. The van der Waals surface area contributed by atoms with Crippen molar-refractivity contribution in [1.82, 2.24) is 0 Å². The molecule has 0 aliphatic heterocycles. The van der Waals surface area contributed by atoms with Gasteiger partial charge in [0.1, 0.15) is 6.61 Å². The molecule has 0 amide bonds. The van der Waals surface area contributed by atoms with Gasteiger partial charge in [0.15, 0.2) is 17.3 Å². The number of benzene rings is 2. The zero-order valence-corrected chi connectivity index (χ0v) is 17.3. The molecule has 2 rings (SSSR count). The van der Waals surface area contributed by atoms with Crippen molar-refractivity contribution in [3.05, 3.63) is 53.1 Å². The van der Waals surface area contributed by atoms with E-state index in [-0.39, 0.29) is 29.4 Å². The molecule has 156 valence electrons. The van der Waals surface area contributed by atoms with Gasteiger partial charge in [-0.2, -0.15) is 0 Å². The number of esters is 1. The Balaban J connectivity index is 2.11. The third-order valence-electron chi connectivity index (χ3n) is 4.65. The van der Waals surface area contributed by atoms with Crippen molar-refractivity contribution in [2.45, 2.75) is 39.0 Å². The summed E-state index contributed by atoms with van der Waals surface area (Å²) in [7, 11) is 2.98. The van der Waals surface area contributed by atoms with Crippen LogP contribution in [0.25, 0.3) is 0 Å². The van der Waals surface area contributed by atoms with Crippen molar-refractivity contribution in [3.63, 3.8) is 0 Å². The predicted octanol–water partition coefficient (Wildman–Crippen LogP) is 3.99. The summed E-state index contributed by atoms with van der Waals surface area (Å²) in [6.07, 6.45) is 4.60. The fourth-order valence-electron chi connectivity index (χ4n) is 3.22. The molecule has 0 heterocycles. The number of nitrogens with two attached hydrogens (primary N) is 1. The summed E-state index contributed by atoms with van der Waals surface area (Å²) < 4.78 is 15.8. The molecule has 29 heavy (non-hydrogen) atoms. The van der Waals surface area contributed by atoms with Gasteiger partial charge in [-0.3, -0.25) is 4.79 Å². The lowest BCUT2D eigenvalue weighted by Crippen LogP contribution is -2.16. The zero-order chi connectivity index (χ0) is 21.2. The van der Waals surface area contributed by atoms with Crippen LogP contribution in [0, 0.1) is 0 Å². The highest BCUT2D eigenvalue weighted by molar-refractivity contribution is 6.00. The number of hydrogen-bond donors (Lipinski definition) is 1. The topological polar surface area (TPSA) is 87.9 Å². The third kappa shape index (κ3) is 6.24. The van der Waals surface area contributed by atoms with Gasteiger partial charge in [0, 0.05) is 0 Å². The van der Waals surface area contributed by atoms with Crippen LogP contribution in [0.4, 0.5) is 5.69 Å². The lowest BCUT2D eigenvalue weighted by atomic mass is 9.97. The van der Waals surface area contributed by atoms with Gasteiger partial charge in [0.2, 0.25) is 0 Å². The Kier molecular flexibility index (Phi) is 8.52. The molecule has 0 fully saturated rings. The molecule has 0 saturated carbocycles. The fraction of sp³-hybridized carbons (Fsp3) is 0.391. The number of aryl methyl sites for hydroxylation is 2. The molecule has 0 aliphatic rings. The van der Waals surface area contributed by atoms with Gasteiger partial charge < -0.3 is 19.9 Å². The molecule has 0 aliphatic carbocycles. The summed E-state index contributed by atoms with van der Waals surface area (Å²) >= 11 is 0. The molecule has 0 spiro atoms. The highest BCUT2D eigenvalue weighted by atomic mass is 16.5. The van der Waals surface area contributed by atoms with Crippen molar-refractivity contribution in [1.29, 1.82) is 0 Å². The molecular formula is C23H29NO5. The van der Waals surface area contributed by atoms with E-state index in [0.29, 0.717) is 12.2 Å². The largest absolute Gasteiger partial charge is 0.493 e. The molecule has 0 unspecified atom stereocenters. The number of anilines is 1. The molecular weight excluding hydrogens is 370 g/mol. The lowest BCUT2D eigenvalue weighted by Gasteiger charge is -2.17. The van der Waals surface area contributed by atoms with Crippen LogP contribution in [-0.2, 0) is 22.4 Å². The Labute approximate surface area is 172 Å². The number of hydrogen-bond acceptors (Lipinski definition) is 6. The zero-order valence-electron chi connectivity index (χ0n) is 17.3. The number of unbranched alkanes of at least 4 members (excludes halogenated alkanes) is 2. The van der Waals surface area contributed by atoms with E-state index < -0.39 is 5.97 Å². The molecule has 0 radical (unpaired) electrons. The molecule has 0 bridgehead atoms. The Morgan fingerprint density at radius 3 is 2.28 bits per heavy atom. The number of ether oxygens (including phenoxy) is 3. The first-order valence-electron chi connectivity index (χ1n) is 9.71. The van der Waals surface area contributed by atoms with Gasteiger partial charge in [-0.1, -0.05) is 36.8 Å². The normalized spacial score (nSPS) is 10.4. The second kappa shape index (κ2) is 11.1. The predicted molar refractivity (Wildman–Crippen MR) is 113 cm³/mol. The second-order valence-electron chi connectivity index (χ2n) is 6.88. The Hall–Kier alpha value is -3.02. The van der Waals surface area contributed by atoms with Crippen LogP contribution in [-0.4, -0.2) is 32.6 Å². The maximum absolute atomic E-state index is 12.6. The highest BCUT2D eigenvalue weighted by Gasteiger charge is 2.23. The van der Waals surface area contributed by atoms with Crippen molar-refractivity contribution in [2.24, 2.45) is 0 Å². The average Bonchev–Trinajstić information content (AvgIpc) is 2.72. The van der Waals surface area contributed by atoms with E-state index in [1.807, 2.05) is 18.2 Å². The number of ketones is 1. The minimum atomic E-state index is -0.627. The van der Waals surface area contributed by atoms with E-state index in [9.17, 15) is 9.59 Å². The number of Topliss-reactive ketones (excluding diaryl/α,β-unsaturated/α-hetero) is 1. The van der Waals surface area contributed by atoms with Crippen LogP contribution in [0.15, 0.2) is 36.4 Å². The van der Waals surface area contributed by atoms with Crippen LogP contribution < -0.4 is 15.2 Å². The van der Waals surface area contributed by atoms with Crippen molar-refractivity contribution < 1.29 is 23.8 Å². The van der Waals surface area contributed by atoms with E-state index in [1.165, 1.54) is 26.7 Å². The van der Waals surface area contributed by atoms with Crippen molar-refractivity contribution >= 4 is 17.4 Å². The number of carbonyl (C=O) groups is 2. The Morgan fingerprint density at radius 2 is 1.66 bits per heavy atom. The van der Waals surface area contributed by atoms with Crippen molar-refractivity contribution in [3.8, 4) is 11.5 Å². The maximum Gasteiger partial charge on any atom is 0.341 e. The third-order valence-corrected chi connectivity index (χ3v) is 4.65. The standard InChI is InChI=1S/C23H29NO5/c1-16(25)15-29-23(26)20-18(14-19(27-2)22(28-3)21(20)24)13-9-5-8-12-17-10-6-4-7-11-17/h4,6-7,10-11,14H,5,8-9,12-13,15,24H2,1-3H3. The first-order chi connectivity index (χ1) is 14.0. The van der Waals surface area contributed by atoms with Crippen molar-refractivity contribution in [2.75, 3.05) is 26.6 Å². The number of nitrogen functional groups attached to an aromatic ring is 1. The first-order valence-corrected chi connectivity index (χ1v) is 9.71. The summed E-state index contributed by atoms with van der Waals surface area (Å²) in [4.78, 5) is 23.8. The first kappa shape index (κ1) is 22.3. The Bertz CT molecular complexity index is 833. The summed E-state index contributed by atoms with van der Waals surface area (Å²) in [5, 5.41) is 0. The van der Waals surface area contributed by atoms with Gasteiger partial charge in [0.05, 0.1) is 25.5 Å². The Morgan fingerprint density at radius 1 is 0.966 bits per heavy atom. The summed E-state index contributed by atoms with van der Waals surface area (Å²) in [6.45, 7) is 1.07. The van der Waals surface area contributed by atoms with E-state index in [0.717, 1.165) is 31.2 Å². The van der Waals surface area contributed by atoms with Gasteiger partial charge >= 0.3 is 5.97 Å². The molecule has 6 heteroatoms. The molecule has 2 aromatic rings. The summed E-state index contributed by atoms with van der Waals surface area (Å²) in [5.41, 5.74) is 8.65. The summed E-state index contributed by atoms with van der Waals surface area (Å²) in [5.74, 6) is -0.111. The second-order valence-corrected chi connectivity index (χ2v) is 6.88. The molecule has 0 atom stereocenters. The molecule has 2 N–H and O–H groups in total. The lowest BCUT2D eigenvalue weighted by molar-refractivity contribution is -0.120. The van der Waals surface area contributed by atoms with Gasteiger partial charge in [-0.25, -0.2) is 4.79 Å².